The van der Waals surface area contributed by atoms with E-state index in [0.717, 1.165) is 0 Å². The summed E-state index contributed by atoms with van der Waals surface area (Å²) in [5.41, 5.74) is 5.60. The SMILES string of the molecule is Nc1cc(-c2cccc(Cl)c2F)on1. The Hall–Kier alpha value is -1.55. The van der Waals surface area contributed by atoms with Crippen LogP contribution in [0.25, 0.3) is 11.3 Å². The largest absolute Gasteiger partial charge is 0.381 e. The van der Waals surface area contributed by atoms with Crippen LogP contribution in [0.5, 0.6) is 0 Å². The molecular weight excluding hydrogens is 207 g/mol. The molecule has 0 atom stereocenters. The van der Waals surface area contributed by atoms with Gasteiger partial charge in [-0.15, -0.1) is 0 Å². The minimum atomic E-state index is -0.537. The minimum Gasteiger partial charge on any atom is -0.381 e. The quantitative estimate of drug-likeness (QED) is 0.791. The smallest absolute Gasteiger partial charge is 0.172 e. The molecular formula is C9H6ClFN2O. The molecule has 0 spiro atoms. The highest BCUT2D eigenvalue weighted by Crippen LogP contribution is 2.28. The molecule has 0 amide bonds. The minimum absolute atomic E-state index is 0.0393. The molecule has 0 radical (unpaired) electrons. The van der Waals surface area contributed by atoms with Crippen molar-refractivity contribution in [2.45, 2.75) is 0 Å². The molecule has 0 fully saturated rings. The van der Waals surface area contributed by atoms with Gasteiger partial charge in [0.15, 0.2) is 17.4 Å². The van der Waals surface area contributed by atoms with Crippen molar-refractivity contribution in [2.75, 3.05) is 5.73 Å². The molecule has 1 aromatic carbocycles. The van der Waals surface area contributed by atoms with E-state index in [1.807, 2.05) is 0 Å². The van der Waals surface area contributed by atoms with E-state index in [1.165, 1.54) is 12.1 Å². The summed E-state index contributed by atoms with van der Waals surface area (Å²) in [5.74, 6) is -0.0628. The van der Waals surface area contributed by atoms with Gasteiger partial charge in [-0.1, -0.05) is 22.8 Å². The third-order valence-electron chi connectivity index (χ3n) is 1.75. The van der Waals surface area contributed by atoms with Gasteiger partial charge in [-0.2, -0.15) is 0 Å². The van der Waals surface area contributed by atoms with Crippen LogP contribution in [0.2, 0.25) is 5.02 Å². The van der Waals surface area contributed by atoms with Crippen LogP contribution in [-0.4, -0.2) is 5.16 Å². The number of rotatable bonds is 1. The second-order valence-corrected chi connectivity index (χ2v) is 3.12. The van der Waals surface area contributed by atoms with Gasteiger partial charge in [-0.25, -0.2) is 4.39 Å². The molecule has 2 N–H and O–H groups in total. The van der Waals surface area contributed by atoms with Gasteiger partial charge in [0, 0.05) is 6.07 Å². The zero-order chi connectivity index (χ0) is 10.1. The fourth-order valence-corrected chi connectivity index (χ4v) is 1.28. The first-order chi connectivity index (χ1) is 6.68. The first-order valence-corrected chi connectivity index (χ1v) is 4.23. The summed E-state index contributed by atoms with van der Waals surface area (Å²) >= 11 is 5.60. The Bertz CT molecular complexity index is 470. The Balaban J connectivity index is 2.57. The monoisotopic (exact) mass is 212 g/mol. The van der Waals surface area contributed by atoms with Gasteiger partial charge in [0.2, 0.25) is 0 Å². The first kappa shape index (κ1) is 9.02. The van der Waals surface area contributed by atoms with E-state index in [4.69, 9.17) is 21.9 Å². The molecule has 1 aromatic heterocycles. The first-order valence-electron chi connectivity index (χ1n) is 3.85. The van der Waals surface area contributed by atoms with Gasteiger partial charge in [0.05, 0.1) is 10.6 Å². The lowest BCUT2D eigenvalue weighted by molar-refractivity contribution is 0.433. The number of aromatic nitrogens is 1. The highest BCUT2D eigenvalue weighted by atomic mass is 35.5. The Morgan fingerprint density at radius 3 is 2.86 bits per heavy atom. The van der Waals surface area contributed by atoms with Gasteiger partial charge in [0.1, 0.15) is 0 Å². The molecule has 14 heavy (non-hydrogen) atoms. The summed E-state index contributed by atoms with van der Waals surface area (Å²) in [6.45, 7) is 0. The zero-order valence-electron chi connectivity index (χ0n) is 7.00. The van der Waals surface area contributed by atoms with E-state index in [0.29, 0.717) is 0 Å². The molecule has 0 saturated heterocycles. The van der Waals surface area contributed by atoms with Gasteiger partial charge in [0.25, 0.3) is 0 Å². The molecule has 1 heterocycles. The predicted molar refractivity (Wildman–Crippen MR) is 51.3 cm³/mol. The summed E-state index contributed by atoms with van der Waals surface area (Å²) < 4.78 is 18.2. The van der Waals surface area contributed by atoms with Crippen LogP contribution in [-0.2, 0) is 0 Å². The van der Waals surface area contributed by atoms with E-state index < -0.39 is 5.82 Å². The maximum atomic E-state index is 13.4. The Morgan fingerprint density at radius 1 is 1.43 bits per heavy atom. The topological polar surface area (TPSA) is 52.0 Å². The number of nitrogen functional groups attached to an aromatic ring is 1. The van der Waals surface area contributed by atoms with Gasteiger partial charge in [-0.05, 0) is 12.1 Å². The zero-order valence-corrected chi connectivity index (χ0v) is 7.75. The van der Waals surface area contributed by atoms with Crippen molar-refractivity contribution < 1.29 is 8.91 Å². The third kappa shape index (κ3) is 1.44. The third-order valence-corrected chi connectivity index (χ3v) is 2.04. The normalized spacial score (nSPS) is 10.4. The molecule has 0 aliphatic carbocycles. The number of hydrogen-bond acceptors (Lipinski definition) is 3. The number of halogens is 2. The highest BCUT2D eigenvalue weighted by molar-refractivity contribution is 6.31. The summed E-state index contributed by atoms with van der Waals surface area (Å²) in [6, 6.07) is 6.06. The van der Waals surface area contributed by atoms with Crippen LogP contribution in [0.1, 0.15) is 0 Å². The molecule has 0 saturated carbocycles. The molecule has 2 rings (SSSR count). The number of hydrogen-bond donors (Lipinski definition) is 1. The molecule has 2 aromatic rings. The highest BCUT2D eigenvalue weighted by Gasteiger charge is 2.12. The van der Waals surface area contributed by atoms with E-state index in [2.05, 4.69) is 5.16 Å². The lowest BCUT2D eigenvalue weighted by atomic mass is 10.1. The maximum Gasteiger partial charge on any atom is 0.172 e. The van der Waals surface area contributed by atoms with Crippen molar-refractivity contribution >= 4 is 17.4 Å². The van der Waals surface area contributed by atoms with Crippen molar-refractivity contribution in [1.82, 2.24) is 5.16 Å². The average molecular weight is 213 g/mol. The van der Waals surface area contributed by atoms with Crippen molar-refractivity contribution in [3.05, 3.63) is 35.1 Å². The summed E-state index contributed by atoms with van der Waals surface area (Å²) in [7, 11) is 0. The standard InChI is InChI=1S/C9H6ClFN2O/c10-6-3-1-2-5(9(6)11)7-4-8(12)13-14-7/h1-4H,(H2,12,13). The van der Waals surface area contributed by atoms with Gasteiger partial charge < -0.3 is 10.3 Å². The Morgan fingerprint density at radius 2 is 2.21 bits per heavy atom. The molecule has 0 unspecified atom stereocenters. The second-order valence-electron chi connectivity index (χ2n) is 2.72. The Kier molecular flexibility index (Phi) is 2.13. The van der Waals surface area contributed by atoms with Crippen LogP contribution in [0.15, 0.2) is 28.8 Å². The second kappa shape index (κ2) is 3.31. The number of benzene rings is 1. The lowest BCUT2D eigenvalue weighted by Gasteiger charge is -1.98. The van der Waals surface area contributed by atoms with Crippen molar-refractivity contribution in [3.63, 3.8) is 0 Å². The maximum absolute atomic E-state index is 13.4. The van der Waals surface area contributed by atoms with Crippen molar-refractivity contribution in [3.8, 4) is 11.3 Å². The Labute approximate surface area is 84.3 Å². The number of anilines is 1. The van der Waals surface area contributed by atoms with Crippen LogP contribution in [0.3, 0.4) is 0 Å². The van der Waals surface area contributed by atoms with Gasteiger partial charge >= 0.3 is 0 Å². The van der Waals surface area contributed by atoms with E-state index in [1.54, 1.807) is 12.1 Å². The molecule has 0 bridgehead atoms. The number of nitrogens with two attached hydrogens (primary N) is 1. The molecule has 72 valence electrons. The average Bonchev–Trinajstić information content (AvgIpc) is 2.57. The summed E-state index contributed by atoms with van der Waals surface area (Å²) in [4.78, 5) is 0. The molecule has 0 aliphatic rings. The molecule has 3 nitrogen and oxygen atoms in total. The van der Waals surface area contributed by atoms with Crippen molar-refractivity contribution in [2.24, 2.45) is 0 Å². The summed E-state index contributed by atoms with van der Waals surface area (Å²) in [5, 5.41) is 3.50. The van der Waals surface area contributed by atoms with Crippen LogP contribution >= 0.6 is 11.6 Å². The van der Waals surface area contributed by atoms with Crippen LogP contribution < -0.4 is 5.73 Å². The van der Waals surface area contributed by atoms with Crippen molar-refractivity contribution in [1.29, 1.82) is 0 Å². The van der Waals surface area contributed by atoms with Crippen LogP contribution in [0, 0.1) is 5.82 Å². The van der Waals surface area contributed by atoms with E-state index in [-0.39, 0.29) is 22.2 Å². The fourth-order valence-electron chi connectivity index (χ4n) is 1.11. The van der Waals surface area contributed by atoms with E-state index in [9.17, 15) is 4.39 Å². The molecule has 5 heteroatoms. The van der Waals surface area contributed by atoms with Crippen LogP contribution in [0.4, 0.5) is 10.2 Å². The van der Waals surface area contributed by atoms with E-state index >= 15 is 0 Å². The lowest BCUT2D eigenvalue weighted by Crippen LogP contribution is -1.83. The van der Waals surface area contributed by atoms with Gasteiger partial charge in [-0.3, -0.25) is 0 Å². The predicted octanol–water partition coefficient (Wildman–Crippen LogP) is 2.72. The fraction of sp³-hybridized carbons (Fsp3) is 0. The molecule has 0 aliphatic heterocycles. The number of nitrogens with zero attached hydrogens (tertiary/aromatic N) is 1. The summed E-state index contributed by atoms with van der Waals surface area (Å²) in [6.07, 6.45) is 0.